The highest BCUT2D eigenvalue weighted by atomic mass is 16.7. The Hall–Kier alpha value is -3.09. The standard InChI is InChI=1S/C22H28N2O5/c1-4-5-7-16(15-10-11-17-20(12-15)29-14-28-17)13-23-22(25)24-21-18(26-2)8-6-9-19(21)27-3/h6,8-12,16H,4-5,7,13-14H2,1-3H3,(H2,23,24,25). The van der Waals surface area contributed by atoms with Gasteiger partial charge in [-0.25, -0.2) is 4.79 Å². The topological polar surface area (TPSA) is 78.1 Å². The maximum atomic E-state index is 12.6. The lowest BCUT2D eigenvalue weighted by atomic mass is 9.93. The molecule has 1 unspecified atom stereocenters. The molecule has 156 valence electrons. The number of unbranched alkanes of at least 4 members (excludes halogenated alkanes) is 1. The molecular weight excluding hydrogens is 372 g/mol. The third-order valence-electron chi connectivity index (χ3n) is 4.95. The quantitative estimate of drug-likeness (QED) is 0.647. The molecule has 0 radical (unpaired) electrons. The van der Waals surface area contributed by atoms with E-state index in [1.807, 2.05) is 18.2 Å². The number of rotatable bonds is 9. The molecule has 2 aromatic rings. The fourth-order valence-electron chi connectivity index (χ4n) is 3.35. The molecule has 0 bridgehead atoms. The maximum Gasteiger partial charge on any atom is 0.319 e. The summed E-state index contributed by atoms with van der Waals surface area (Å²) < 4.78 is 21.6. The summed E-state index contributed by atoms with van der Waals surface area (Å²) in [5.41, 5.74) is 1.63. The first-order valence-electron chi connectivity index (χ1n) is 9.81. The Labute approximate surface area is 171 Å². The molecule has 0 saturated carbocycles. The molecule has 3 rings (SSSR count). The van der Waals surface area contributed by atoms with Gasteiger partial charge in [0, 0.05) is 12.5 Å². The number of carbonyl (C=O) groups excluding carboxylic acids is 1. The molecule has 7 nitrogen and oxygen atoms in total. The number of carbonyl (C=O) groups is 1. The number of para-hydroxylation sites is 1. The summed E-state index contributed by atoms with van der Waals surface area (Å²) in [5.74, 6) is 2.77. The number of benzene rings is 2. The molecule has 1 aliphatic rings. The molecule has 7 heteroatoms. The monoisotopic (exact) mass is 400 g/mol. The molecule has 0 saturated heterocycles. The van der Waals surface area contributed by atoms with Gasteiger partial charge in [-0.2, -0.15) is 0 Å². The fraction of sp³-hybridized carbons (Fsp3) is 0.409. The van der Waals surface area contributed by atoms with Crippen molar-refractivity contribution < 1.29 is 23.7 Å². The molecule has 1 heterocycles. The van der Waals surface area contributed by atoms with Crippen molar-refractivity contribution in [2.45, 2.75) is 32.1 Å². The zero-order valence-electron chi connectivity index (χ0n) is 17.1. The van der Waals surface area contributed by atoms with Gasteiger partial charge in [-0.05, 0) is 36.2 Å². The molecule has 0 fully saturated rings. The SMILES string of the molecule is CCCCC(CNC(=O)Nc1c(OC)cccc1OC)c1ccc2c(c1)OCO2. The zero-order valence-corrected chi connectivity index (χ0v) is 17.1. The van der Waals surface area contributed by atoms with Gasteiger partial charge in [-0.3, -0.25) is 0 Å². The Bertz CT molecular complexity index is 818. The first-order chi connectivity index (χ1) is 14.2. The summed E-state index contributed by atoms with van der Waals surface area (Å²) in [6, 6.07) is 11.0. The van der Waals surface area contributed by atoms with Crippen LogP contribution in [-0.4, -0.2) is 33.6 Å². The van der Waals surface area contributed by atoms with E-state index in [1.54, 1.807) is 32.4 Å². The van der Waals surface area contributed by atoms with E-state index < -0.39 is 0 Å². The second kappa shape index (κ2) is 9.91. The van der Waals surface area contributed by atoms with Crippen molar-refractivity contribution in [3.8, 4) is 23.0 Å². The van der Waals surface area contributed by atoms with Gasteiger partial charge in [-0.15, -0.1) is 0 Å². The predicted octanol–water partition coefficient (Wildman–Crippen LogP) is 4.53. The number of hydrogen-bond donors (Lipinski definition) is 2. The maximum absolute atomic E-state index is 12.6. The van der Waals surface area contributed by atoms with Crippen molar-refractivity contribution in [1.29, 1.82) is 0 Å². The van der Waals surface area contributed by atoms with E-state index in [4.69, 9.17) is 18.9 Å². The average Bonchev–Trinajstić information content (AvgIpc) is 3.21. The summed E-state index contributed by atoms with van der Waals surface area (Å²) in [4.78, 5) is 12.6. The second-order valence-electron chi connectivity index (χ2n) is 6.82. The molecule has 2 aromatic carbocycles. The summed E-state index contributed by atoms with van der Waals surface area (Å²) in [6.45, 7) is 2.91. The highest BCUT2D eigenvalue weighted by molar-refractivity contribution is 5.93. The van der Waals surface area contributed by atoms with Gasteiger partial charge in [0.25, 0.3) is 0 Å². The summed E-state index contributed by atoms with van der Waals surface area (Å²) >= 11 is 0. The highest BCUT2D eigenvalue weighted by Crippen LogP contribution is 2.36. The van der Waals surface area contributed by atoms with E-state index in [2.05, 4.69) is 17.6 Å². The van der Waals surface area contributed by atoms with Crippen molar-refractivity contribution in [3.05, 3.63) is 42.0 Å². The van der Waals surface area contributed by atoms with Gasteiger partial charge < -0.3 is 29.6 Å². The second-order valence-corrected chi connectivity index (χ2v) is 6.82. The zero-order chi connectivity index (χ0) is 20.6. The van der Waals surface area contributed by atoms with Crippen LogP contribution in [0.3, 0.4) is 0 Å². The molecule has 0 aliphatic carbocycles. The van der Waals surface area contributed by atoms with E-state index >= 15 is 0 Å². The molecule has 0 spiro atoms. The number of amides is 2. The van der Waals surface area contributed by atoms with Crippen molar-refractivity contribution in [1.82, 2.24) is 5.32 Å². The first kappa shape index (κ1) is 20.6. The van der Waals surface area contributed by atoms with Crippen molar-refractivity contribution in [2.24, 2.45) is 0 Å². The average molecular weight is 400 g/mol. The minimum Gasteiger partial charge on any atom is -0.494 e. The van der Waals surface area contributed by atoms with Crippen molar-refractivity contribution >= 4 is 11.7 Å². The van der Waals surface area contributed by atoms with Crippen LogP contribution in [0.25, 0.3) is 0 Å². The lowest BCUT2D eigenvalue weighted by Gasteiger charge is -2.19. The van der Waals surface area contributed by atoms with Crippen LogP contribution in [0.1, 0.15) is 37.7 Å². The first-order valence-corrected chi connectivity index (χ1v) is 9.81. The van der Waals surface area contributed by atoms with Crippen LogP contribution in [0.5, 0.6) is 23.0 Å². The lowest BCUT2D eigenvalue weighted by Crippen LogP contribution is -2.32. The van der Waals surface area contributed by atoms with E-state index in [0.717, 1.165) is 36.3 Å². The number of anilines is 1. The van der Waals surface area contributed by atoms with Crippen LogP contribution >= 0.6 is 0 Å². The van der Waals surface area contributed by atoms with Crippen LogP contribution in [0, 0.1) is 0 Å². The third kappa shape index (κ3) is 5.04. The van der Waals surface area contributed by atoms with Gasteiger partial charge in [-0.1, -0.05) is 31.9 Å². The highest BCUT2D eigenvalue weighted by Gasteiger charge is 2.19. The fourth-order valence-corrected chi connectivity index (χ4v) is 3.35. The molecule has 2 N–H and O–H groups in total. The summed E-state index contributed by atoms with van der Waals surface area (Å²) in [7, 11) is 3.11. The van der Waals surface area contributed by atoms with Crippen molar-refractivity contribution in [3.63, 3.8) is 0 Å². The van der Waals surface area contributed by atoms with E-state index in [1.165, 1.54) is 0 Å². The van der Waals surface area contributed by atoms with E-state index in [-0.39, 0.29) is 18.7 Å². The normalized spacial score (nSPS) is 12.9. The van der Waals surface area contributed by atoms with Crippen LogP contribution in [0.2, 0.25) is 0 Å². The van der Waals surface area contributed by atoms with Crippen LogP contribution in [-0.2, 0) is 0 Å². The van der Waals surface area contributed by atoms with Crippen LogP contribution in [0.15, 0.2) is 36.4 Å². The van der Waals surface area contributed by atoms with Gasteiger partial charge >= 0.3 is 6.03 Å². The third-order valence-corrected chi connectivity index (χ3v) is 4.95. The van der Waals surface area contributed by atoms with E-state index in [9.17, 15) is 4.79 Å². The van der Waals surface area contributed by atoms with Gasteiger partial charge in [0.15, 0.2) is 11.5 Å². The molecule has 1 aliphatic heterocycles. The minimum absolute atomic E-state index is 0.176. The number of nitrogens with one attached hydrogen (secondary N) is 2. The molecule has 29 heavy (non-hydrogen) atoms. The molecule has 2 amide bonds. The molecular formula is C22H28N2O5. The van der Waals surface area contributed by atoms with Crippen LogP contribution < -0.4 is 29.6 Å². The van der Waals surface area contributed by atoms with Crippen LogP contribution in [0.4, 0.5) is 10.5 Å². The Morgan fingerprint density at radius 3 is 2.52 bits per heavy atom. The van der Waals surface area contributed by atoms with E-state index in [0.29, 0.717) is 23.7 Å². The number of hydrogen-bond acceptors (Lipinski definition) is 5. The number of methoxy groups -OCH3 is 2. The summed E-state index contributed by atoms with van der Waals surface area (Å²) in [5, 5.41) is 5.82. The van der Waals surface area contributed by atoms with Gasteiger partial charge in [0.1, 0.15) is 17.2 Å². The van der Waals surface area contributed by atoms with Gasteiger partial charge in [0.2, 0.25) is 6.79 Å². The predicted molar refractivity (Wildman–Crippen MR) is 111 cm³/mol. The largest absolute Gasteiger partial charge is 0.494 e. The van der Waals surface area contributed by atoms with Crippen molar-refractivity contribution in [2.75, 3.05) is 32.9 Å². The number of fused-ring (bicyclic) bond motifs is 1. The Morgan fingerprint density at radius 1 is 1.10 bits per heavy atom. The Kier molecular flexibility index (Phi) is 7.05. The number of urea groups is 1. The van der Waals surface area contributed by atoms with Gasteiger partial charge in [0.05, 0.1) is 14.2 Å². The summed E-state index contributed by atoms with van der Waals surface area (Å²) in [6.07, 6.45) is 3.13. The number of ether oxygens (including phenoxy) is 4. The molecule has 1 atom stereocenters. The lowest BCUT2D eigenvalue weighted by molar-refractivity contribution is 0.174. The smallest absolute Gasteiger partial charge is 0.319 e. The molecule has 0 aromatic heterocycles. The Morgan fingerprint density at radius 2 is 1.83 bits per heavy atom. The Balaban J connectivity index is 1.67. The minimum atomic E-state index is -0.310.